The molecule has 0 atom stereocenters. The van der Waals surface area contributed by atoms with E-state index in [2.05, 4.69) is 10.2 Å². The van der Waals surface area contributed by atoms with Crippen molar-refractivity contribution in [3.8, 4) is 5.75 Å². The summed E-state index contributed by atoms with van der Waals surface area (Å²) in [4.78, 5) is 28.9. The average molecular weight is 495 g/mol. The molecule has 2 fully saturated rings. The molecule has 1 aromatic rings. The van der Waals surface area contributed by atoms with E-state index in [0.717, 1.165) is 65.0 Å². The van der Waals surface area contributed by atoms with Crippen LogP contribution in [-0.4, -0.2) is 95.1 Å². The number of rotatable bonds is 8. The minimum Gasteiger partial charge on any atom is -0.482 e. The molecule has 1 aromatic carbocycles. The Morgan fingerprint density at radius 2 is 1.76 bits per heavy atom. The molecule has 10 nitrogen and oxygen atoms in total. The maximum Gasteiger partial charge on any atom is 0.265 e. The highest BCUT2D eigenvalue weighted by Crippen LogP contribution is 2.35. The molecule has 0 aliphatic carbocycles. The lowest BCUT2D eigenvalue weighted by molar-refractivity contribution is -0.125. The van der Waals surface area contributed by atoms with E-state index in [4.69, 9.17) is 9.47 Å². The highest BCUT2D eigenvalue weighted by atomic mass is 32.2. The van der Waals surface area contributed by atoms with Gasteiger partial charge in [0.25, 0.3) is 5.91 Å². The minimum absolute atomic E-state index is 0.113. The summed E-state index contributed by atoms with van der Waals surface area (Å²) in [6, 6.07) is 4.54. The van der Waals surface area contributed by atoms with Crippen molar-refractivity contribution in [2.45, 2.75) is 37.0 Å². The maximum absolute atomic E-state index is 13.2. The molecule has 0 radical (unpaired) electrons. The smallest absolute Gasteiger partial charge is 0.265 e. The fraction of sp³-hybridized carbons (Fsp3) is 0.652. The van der Waals surface area contributed by atoms with Gasteiger partial charge in [0.15, 0.2) is 6.61 Å². The van der Waals surface area contributed by atoms with Gasteiger partial charge in [-0.3, -0.25) is 19.4 Å². The number of fused-ring (bicyclic) bond motifs is 1. The molecule has 1 N–H and O–H groups in total. The topological polar surface area (TPSA) is 108 Å². The number of benzene rings is 1. The molecule has 4 rings (SSSR count). The first kappa shape index (κ1) is 24.9. The summed E-state index contributed by atoms with van der Waals surface area (Å²) in [7, 11) is -3.69. The zero-order valence-corrected chi connectivity index (χ0v) is 20.4. The number of amides is 2. The number of carbonyl (C=O) groups is 2. The number of anilines is 1. The SMILES string of the molecule is O=C(CN1C(=O)COc2ccc(S(=O)(=O)N3CCCCCC3)cc21)NCCCN1CCOCC1. The first-order valence-corrected chi connectivity index (χ1v) is 13.5. The monoisotopic (exact) mass is 494 g/mol. The van der Waals surface area contributed by atoms with Crippen molar-refractivity contribution >= 4 is 27.5 Å². The van der Waals surface area contributed by atoms with Crippen LogP contribution in [0.3, 0.4) is 0 Å². The Kier molecular flexibility index (Phi) is 8.41. The third kappa shape index (κ3) is 6.07. The van der Waals surface area contributed by atoms with Crippen LogP contribution in [0.1, 0.15) is 32.1 Å². The van der Waals surface area contributed by atoms with Gasteiger partial charge in [-0.05, 0) is 44.0 Å². The second-order valence-corrected chi connectivity index (χ2v) is 10.8. The van der Waals surface area contributed by atoms with Gasteiger partial charge in [-0.2, -0.15) is 4.31 Å². The van der Waals surface area contributed by atoms with E-state index in [9.17, 15) is 18.0 Å². The van der Waals surface area contributed by atoms with Crippen molar-refractivity contribution in [1.82, 2.24) is 14.5 Å². The Morgan fingerprint density at radius 1 is 1.03 bits per heavy atom. The van der Waals surface area contributed by atoms with Gasteiger partial charge in [-0.25, -0.2) is 8.42 Å². The van der Waals surface area contributed by atoms with E-state index in [-0.39, 0.29) is 29.9 Å². The van der Waals surface area contributed by atoms with Crippen LogP contribution in [0.4, 0.5) is 5.69 Å². The van der Waals surface area contributed by atoms with E-state index in [0.29, 0.717) is 31.1 Å². The number of nitrogens with zero attached hydrogens (tertiary/aromatic N) is 3. The van der Waals surface area contributed by atoms with Gasteiger partial charge < -0.3 is 14.8 Å². The Labute approximate surface area is 201 Å². The van der Waals surface area contributed by atoms with Gasteiger partial charge in [0.1, 0.15) is 12.3 Å². The molecule has 2 saturated heterocycles. The second kappa shape index (κ2) is 11.5. The molecule has 11 heteroatoms. The van der Waals surface area contributed by atoms with Crippen LogP contribution in [-0.2, 0) is 24.3 Å². The van der Waals surface area contributed by atoms with E-state index in [1.54, 1.807) is 6.07 Å². The number of nitrogens with one attached hydrogen (secondary N) is 1. The molecule has 0 aromatic heterocycles. The van der Waals surface area contributed by atoms with Gasteiger partial charge in [-0.15, -0.1) is 0 Å². The van der Waals surface area contributed by atoms with Crippen LogP contribution < -0.4 is 15.0 Å². The quantitative estimate of drug-likeness (QED) is 0.533. The van der Waals surface area contributed by atoms with Crippen molar-refractivity contribution < 1.29 is 27.5 Å². The molecule has 3 aliphatic heterocycles. The molecule has 2 amide bonds. The molecule has 188 valence electrons. The largest absolute Gasteiger partial charge is 0.482 e. The molecule has 3 aliphatic rings. The van der Waals surface area contributed by atoms with Crippen LogP contribution in [0.15, 0.2) is 23.1 Å². The van der Waals surface area contributed by atoms with Crippen molar-refractivity contribution in [3.63, 3.8) is 0 Å². The summed E-state index contributed by atoms with van der Waals surface area (Å²) in [5, 5.41) is 2.87. The van der Waals surface area contributed by atoms with E-state index >= 15 is 0 Å². The molecular formula is C23H34N4O6S. The standard InChI is InChI=1S/C23H34N4O6S/c28-22(24-8-5-9-25-12-14-32-15-13-25)17-27-20-16-19(6-7-21(20)33-18-23(27)29)34(30,31)26-10-3-1-2-4-11-26/h6-7,16H,1-5,8-15,17-18H2,(H,24,28). The van der Waals surface area contributed by atoms with Crippen LogP contribution >= 0.6 is 0 Å². The minimum atomic E-state index is -3.69. The Morgan fingerprint density at radius 3 is 2.50 bits per heavy atom. The van der Waals surface area contributed by atoms with E-state index < -0.39 is 10.0 Å². The second-order valence-electron chi connectivity index (χ2n) is 8.87. The highest BCUT2D eigenvalue weighted by Gasteiger charge is 2.31. The Hall–Kier alpha value is -2.21. The van der Waals surface area contributed by atoms with Gasteiger partial charge in [-0.1, -0.05) is 12.8 Å². The summed E-state index contributed by atoms with van der Waals surface area (Å²) in [6.45, 7) is 5.27. The maximum atomic E-state index is 13.2. The predicted molar refractivity (Wildman–Crippen MR) is 126 cm³/mol. The predicted octanol–water partition coefficient (Wildman–Crippen LogP) is 0.815. The molecule has 0 unspecified atom stereocenters. The summed E-state index contributed by atoms with van der Waals surface area (Å²) in [6.07, 6.45) is 4.52. The summed E-state index contributed by atoms with van der Waals surface area (Å²) < 4.78 is 38.8. The van der Waals surface area contributed by atoms with Gasteiger partial charge >= 0.3 is 0 Å². The highest BCUT2D eigenvalue weighted by molar-refractivity contribution is 7.89. The van der Waals surface area contributed by atoms with Gasteiger partial charge in [0, 0.05) is 32.7 Å². The lowest BCUT2D eigenvalue weighted by Crippen LogP contribution is -2.45. The third-order valence-electron chi connectivity index (χ3n) is 6.45. The molecule has 0 bridgehead atoms. The fourth-order valence-electron chi connectivity index (χ4n) is 4.50. The fourth-order valence-corrected chi connectivity index (χ4v) is 6.04. The molecule has 0 saturated carbocycles. The lowest BCUT2D eigenvalue weighted by Gasteiger charge is -2.30. The summed E-state index contributed by atoms with van der Waals surface area (Å²) >= 11 is 0. The normalized spacial score (nSPS) is 20.4. The van der Waals surface area contributed by atoms with Crippen molar-refractivity contribution in [2.24, 2.45) is 0 Å². The van der Waals surface area contributed by atoms with Crippen LogP contribution in [0, 0.1) is 0 Å². The molecule has 3 heterocycles. The van der Waals surface area contributed by atoms with Crippen LogP contribution in [0.25, 0.3) is 0 Å². The average Bonchev–Trinajstić information content (AvgIpc) is 3.14. The first-order chi connectivity index (χ1) is 16.4. The number of hydrogen-bond acceptors (Lipinski definition) is 7. The first-order valence-electron chi connectivity index (χ1n) is 12.1. The van der Waals surface area contributed by atoms with Crippen molar-refractivity contribution in [2.75, 3.05) is 70.5 Å². The van der Waals surface area contributed by atoms with E-state index in [1.165, 1.54) is 21.3 Å². The number of ether oxygens (including phenoxy) is 2. The summed E-state index contributed by atoms with van der Waals surface area (Å²) in [5.74, 6) is -0.265. The van der Waals surface area contributed by atoms with Gasteiger partial charge in [0.05, 0.1) is 23.8 Å². The van der Waals surface area contributed by atoms with Crippen LogP contribution in [0.5, 0.6) is 5.75 Å². The van der Waals surface area contributed by atoms with Crippen LogP contribution in [0.2, 0.25) is 0 Å². The zero-order chi connectivity index (χ0) is 24.0. The Bertz CT molecular complexity index is 972. The zero-order valence-electron chi connectivity index (χ0n) is 19.5. The Balaban J connectivity index is 1.40. The van der Waals surface area contributed by atoms with E-state index in [1.807, 2.05) is 0 Å². The number of carbonyl (C=O) groups excluding carboxylic acids is 2. The van der Waals surface area contributed by atoms with Crippen molar-refractivity contribution in [3.05, 3.63) is 18.2 Å². The molecular weight excluding hydrogens is 460 g/mol. The lowest BCUT2D eigenvalue weighted by atomic mass is 10.2. The number of sulfonamides is 1. The summed E-state index contributed by atoms with van der Waals surface area (Å²) in [5.41, 5.74) is 0.315. The van der Waals surface area contributed by atoms with Crippen molar-refractivity contribution in [1.29, 1.82) is 0 Å². The van der Waals surface area contributed by atoms with Gasteiger partial charge in [0.2, 0.25) is 15.9 Å². The third-order valence-corrected chi connectivity index (χ3v) is 8.35. The molecule has 0 spiro atoms. The molecule has 34 heavy (non-hydrogen) atoms. The number of hydrogen-bond donors (Lipinski definition) is 1. The number of morpholine rings is 1.